The van der Waals surface area contributed by atoms with Crippen LogP contribution in [0.25, 0.3) is 0 Å². The predicted molar refractivity (Wildman–Crippen MR) is 60.2 cm³/mol. The average Bonchev–Trinajstić information content (AvgIpc) is 2.58. The molecule has 0 aliphatic heterocycles. The SMILES string of the molecule is CCOC(=O)c1nc(C(C)S(C)(=O)=O)n(C)n1. The lowest BCUT2D eigenvalue weighted by Crippen LogP contribution is -2.13. The van der Waals surface area contributed by atoms with Crippen LogP contribution < -0.4 is 0 Å². The highest BCUT2D eigenvalue weighted by atomic mass is 32.2. The smallest absolute Gasteiger partial charge is 0.378 e. The number of aryl methyl sites for hydroxylation is 1. The van der Waals surface area contributed by atoms with Crippen molar-refractivity contribution in [2.24, 2.45) is 7.05 Å². The van der Waals surface area contributed by atoms with Crippen LogP contribution in [0.3, 0.4) is 0 Å². The summed E-state index contributed by atoms with van der Waals surface area (Å²) in [5.74, 6) is -0.564. The molecule has 0 aromatic carbocycles. The van der Waals surface area contributed by atoms with Gasteiger partial charge in [0.2, 0.25) is 0 Å². The molecule has 0 N–H and O–H groups in total. The number of esters is 1. The molecule has 0 saturated heterocycles. The van der Waals surface area contributed by atoms with Crippen molar-refractivity contribution in [3.8, 4) is 0 Å². The second-order valence-electron chi connectivity index (χ2n) is 3.61. The van der Waals surface area contributed by atoms with Crippen molar-refractivity contribution in [2.45, 2.75) is 19.1 Å². The third-order valence-electron chi connectivity index (χ3n) is 2.26. The molecule has 8 heteroatoms. The van der Waals surface area contributed by atoms with Crippen molar-refractivity contribution in [1.82, 2.24) is 14.8 Å². The molecular formula is C9H15N3O4S. The van der Waals surface area contributed by atoms with Crippen LogP contribution in [0, 0.1) is 0 Å². The van der Waals surface area contributed by atoms with Crippen molar-refractivity contribution in [2.75, 3.05) is 12.9 Å². The molecule has 1 aromatic rings. The Labute approximate surface area is 99.7 Å². The van der Waals surface area contributed by atoms with Gasteiger partial charge in [-0.3, -0.25) is 4.68 Å². The van der Waals surface area contributed by atoms with E-state index in [0.29, 0.717) is 0 Å². The van der Waals surface area contributed by atoms with Gasteiger partial charge in [-0.2, -0.15) is 0 Å². The van der Waals surface area contributed by atoms with E-state index in [9.17, 15) is 13.2 Å². The van der Waals surface area contributed by atoms with Crippen LogP contribution in [0.15, 0.2) is 0 Å². The monoisotopic (exact) mass is 261 g/mol. The number of carbonyl (C=O) groups excluding carboxylic acids is 1. The van der Waals surface area contributed by atoms with Crippen LogP contribution in [0.1, 0.15) is 35.5 Å². The maximum atomic E-state index is 11.4. The summed E-state index contributed by atoms with van der Waals surface area (Å²) in [6.45, 7) is 3.38. The van der Waals surface area contributed by atoms with Gasteiger partial charge < -0.3 is 4.74 Å². The average molecular weight is 261 g/mol. The van der Waals surface area contributed by atoms with Gasteiger partial charge in [0.15, 0.2) is 9.84 Å². The highest BCUT2D eigenvalue weighted by Crippen LogP contribution is 2.18. The minimum absolute atomic E-state index is 0.125. The van der Waals surface area contributed by atoms with Gasteiger partial charge in [0.1, 0.15) is 11.1 Å². The summed E-state index contributed by atoms with van der Waals surface area (Å²) in [6, 6.07) is 0. The quantitative estimate of drug-likeness (QED) is 0.714. The van der Waals surface area contributed by atoms with Gasteiger partial charge in [0.05, 0.1) is 6.61 Å². The number of rotatable bonds is 4. The molecule has 0 fully saturated rings. The number of sulfone groups is 1. The number of ether oxygens (including phenoxy) is 1. The molecule has 1 unspecified atom stereocenters. The second kappa shape index (κ2) is 4.82. The first kappa shape index (κ1) is 13.6. The van der Waals surface area contributed by atoms with E-state index in [1.165, 1.54) is 18.7 Å². The maximum absolute atomic E-state index is 11.4. The van der Waals surface area contributed by atoms with Crippen LogP contribution in [0.4, 0.5) is 0 Å². The summed E-state index contributed by atoms with van der Waals surface area (Å²) < 4.78 is 28.8. The van der Waals surface area contributed by atoms with E-state index in [0.717, 1.165) is 6.26 Å². The van der Waals surface area contributed by atoms with Crippen LogP contribution >= 0.6 is 0 Å². The lowest BCUT2D eigenvalue weighted by atomic mass is 10.4. The second-order valence-corrected chi connectivity index (χ2v) is 5.98. The molecule has 0 aliphatic rings. The standard InChI is InChI=1S/C9H15N3O4S/c1-5-16-9(13)7-10-8(12(3)11-7)6(2)17(4,14)15/h6H,5H2,1-4H3. The topological polar surface area (TPSA) is 91.1 Å². The van der Waals surface area contributed by atoms with Crippen LogP contribution in [0.5, 0.6) is 0 Å². The minimum Gasteiger partial charge on any atom is -0.460 e. The molecular weight excluding hydrogens is 246 g/mol. The van der Waals surface area contributed by atoms with Crippen molar-refractivity contribution in [3.63, 3.8) is 0 Å². The van der Waals surface area contributed by atoms with Gasteiger partial charge in [0.25, 0.3) is 5.82 Å². The minimum atomic E-state index is -3.28. The highest BCUT2D eigenvalue weighted by Gasteiger charge is 2.25. The fourth-order valence-corrected chi connectivity index (χ4v) is 1.81. The van der Waals surface area contributed by atoms with E-state index < -0.39 is 21.1 Å². The normalized spacial score (nSPS) is 13.4. The molecule has 17 heavy (non-hydrogen) atoms. The van der Waals surface area contributed by atoms with Crippen LogP contribution in [0.2, 0.25) is 0 Å². The first-order chi connectivity index (χ1) is 7.77. The van der Waals surface area contributed by atoms with E-state index in [1.807, 2.05) is 0 Å². The molecule has 0 amide bonds. The summed E-state index contributed by atoms with van der Waals surface area (Å²) in [5.41, 5.74) is 0. The number of aromatic nitrogens is 3. The van der Waals surface area contributed by atoms with E-state index >= 15 is 0 Å². The highest BCUT2D eigenvalue weighted by molar-refractivity contribution is 7.90. The molecule has 0 bridgehead atoms. The Bertz CT molecular complexity index is 520. The van der Waals surface area contributed by atoms with Gasteiger partial charge in [-0.05, 0) is 13.8 Å². The Hall–Kier alpha value is -1.44. The van der Waals surface area contributed by atoms with E-state index in [1.54, 1.807) is 6.92 Å². The maximum Gasteiger partial charge on any atom is 0.378 e. The van der Waals surface area contributed by atoms with Gasteiger partial charge in [-0.1, -0.05) is 0 Å². The molecule has 1 atom stereocenters. The third-order valence-corrected chi connectivity index (χ3v) is 3.76. The Morgan fingerprint density at radius 3 is 2.59 bits per heavy atom. The largest absolute Gasteiger partial charge is 0.460 e. The van der Waals surface area contributed by atoms with Gasteiger partial charge in [0, 0.05) is 13.3 Å². The fraction of sp³-hybridized carbons (Fsp3) is 0.667. The zero-order valence-electron chi connectivity index (χ0n) is 10.2. The number of nitrogens with zero attached hydrogens (tertiary/aromatic N) is 3. The molecule has 96 valence electrons. The molecule has 0 saturated carbocycles. The molecule has 1 rings (SSSR count). The van der Waals surface area contributed by atoms with Crippen LogP contribution in [-0.4, -0.2) is 42.0 Å². The Balaban J connectivity index is 3.09. The van der Waals surface area contributed by atoms with Gasteiger partial charge in [-0.15, -0.1) is 5.10 Å². The zero-order valence-corrected chi connectivity index (χ0v) is 11.0. The van der Waals surface area contributed by atoms with E-state index in [4.69, 9.17) is 4.74 Å². The molecule has 1 aromatic heterocycles. The van der Waals surface area contributed by atoms with Gasteiger partial charge in [-0.25, -0.2) is 18.2 Å². The zero-order chi connectivity index (χ0) is 13.2. The first-order valence-corrected chi connectivity index (χ1v) is 6.99. The number of carbonyl (C=O) groups is 1. The third kappa shape index (κ3) is 3.02. The van der Waals surface area contributed by atoms with Crippen molar-refractivity contribution in [1.29, 1.82) is 0 Å². The summed E-state index contributed by atoms with van der Waals surface area (Å²) in [7, 11) is -1.74. The van der Waals surface area contributed by atoms with Crippen LogP contribution in [-0.2, 0) is 21.6 Å². The first-order valence-electron chi connectivity index (χ1n) is 5.04. The summed E-state index contributed by atoms with van der Waals surface area (Å²) >= 11 is 0. The van der Waals surface area contributed by atoms with E-state index in [-0.39, 0.29) is 18.3 Å². The Kier molecular flexibility index (Phi) is 3.87. The lowest BCUT2D eigenvalue weighted by Gasteiger charge is -2.06. The fourth-order valence-electron chi connectivity index (χ4n) is 1.22. The van der Waals surface area contributed by atoms with Crippen molar-refractivity contribution in [3.05, 3.63) is 11.6 Å². The van der Waals surface area contributed by atoms with Crippen molar-refractivity contribution < 1.29 is 17.9 Å². The summed E-state index contributed by atoms with van der Waals surface area (Å²) in [5, 5.41) is 3.01. The molecule has 7 nitrogen and oxygen atoms in total. The van der Waals surface area contributed by atoms with Gasteiger partial charge >= 0.3 is 5.97 Å². The van der Waals surface area contributed by atoms with Crippen molar-refractivity contribution >= 4 is 15.8 Å². The number of hydrogen-bond acceptors (Lipinski definition) is 6. The molecule has 0 aliphatic carbocycles. The molecule has 0 radical (unpaired) electrons. The lowest BCUT2D eigenvalue weighted by molar-refractivity contribution is 0.0511. The van der Waals surface area contributed by atoms with E-state index in [2.05, 4.69) is 10.1 Å². The Morgan fingerprint density at radius 1 is 1.53 bits per heavy atom. The number of hydrogen-bond donors (Lipinski definition) is 0. The summed E-state index contributed by atoms with van der Waals surface area (Å²) in [4.78, 5) is 15.3. The summed E-state index contributed by atoms with van der Waals surface area (Å²) in [6.07, 6.45) is 1.11. The molecule has 0 spiro atoms. The predicted octanol–water partition coefficient (Wildman–Crippen LogP) is 0.0974. The Morgan fingerprint density at radius 2 is 2.12 bits per heavy atom. The molecule has 1 heterocycles.